The molecule has 2 bridgehead atoms. The Hall–Kier alpha value is -3.72. The lowest BCUT2D eigenvalue weighted by atomic mass is 9.64. The predicted molar refractivity (Wildman–Crippen MR) is 120 cm³/mol. The van der Waals surface area contributed by atoms with Gasteiger partial charge >= 0.3 is 0 Å². The van der Waals surface area contributed by atoms with Crippen molar-refractivity contribution in [1.29, 1.82) is 0 Å². The van der Waals surface area contributed by atoms with E-state index < -0.39 is 0 Å². The summed E-state index contributed by atoms with van der Waals surface area (Å²) < 4.78 is 0. The molecule has 1 aliphatic heterocycles. The minimum Gasteiger partial charge on any atom is -0.274 e. The molecule has 4 aromatic rings. The van der Waals surface area contributed by atoms with Gasteiger partial charge in [0.25, 0.3) is 0 Å². The molecular weight excluding hydrogens is 382 g/mol. The molecule has 2 amide bonds. The second-order valence-corrected chi connectivity index (χ2v) is 8.78. The van der Waals surface area contributed by atoms with Crippen LogP contribution in [-0.4, -0.2) is 11.8 Å². The number of carbonyl (C=O) groups excluding carboxylic acids is 2. The van der Waals surface area contributed by atoms with Gasteiger partial charge in [-0.15, -0.1) is 0 Å². The van der Waals surface area contributed by atoms with Gasteiger partial charge in [0.15, 0.2) is 0 Å². The fraction of sp³-hybridized carbons (Fsp3) is 0.143. The van der Waals surface area contributed by atoms with Gasteiger partial charge in [-0.3, -0.25) is 9.59 Å². The van der Waals surface area contributed by atoms with Crippen LogP contribution in [-0.2, 0) is 9.59 Å². The van der Waals surface area contributed by atoms with E-state index in [1.807, 2.05) is 30.3 Å². The molecule has 4 unspecified atom stereocenters. The molecule has 1 saturated heterocycles. The summed E-state index contributed by atoms with van der Waals surface area (Å²) in [6.45, 7) is 0. The molecule has 0 saturated carbocycles. The first-order valence-electron chi connectivity index (χ1n) is 10.8. The summed E-state index contributed by atoms with van der Waals surface area (Å²) in [5.74, 6) is -1.15. The quantitative estimate of drug-likeness (QED) is 0.409. The van der Waals surface area contributed by atoms with Crippen molar-refractivity contribution in [2.75, 3.05) is 4.90 Å². The highest BCUT2D eigenvalue weighted by molar-refractivity contribution is 6.23. The van der Waals surface area contributed by atoms with Gasteiger partial charge in [-0.25, -0.2) is 4.90 Å². The zero-order valence-electron chi connectivity index (χ0n) is 16.7. The highest BCUT2D eigenvalue weighted by Crippen LogP contribution is 2.60. The Morgan fingerprint density at radius 2 is 1.00 bits per heavy atom. The minimum absolute atomic E-state index is 0.0736. The molecule has 0 spiro atoms. The SMILES string of the molecule is O=C1C2C3c4ccccc4C(c4cccc5cccc3c45)C2C(=O)N1c1ccccc1. The lowest BCUT2D eigenvalue weighted by Crippen LogP contribution is -2.34. The number of hydrogen-bond donors (Lipinski definition) is 0. The molecule has 3 heteroatoms. The normalized spacial score (nSPS) is 25.5. The van der Waals surface area contributed by atoms with E-state index in [0.717, 1.165) is 0 Å². The topological polar surface area (TPSA) is 37.4 Å². The third kappa shape index (κ3) is 2.03. The van der Waals surface area contributed by atoms with Crippen molar-refractivity contribution in [3.8, 4) is 0 Å². The molecule has 4 atom stereocenters. The van der Waals surface area contributed by atoms with Crippen molar-refractivity contribution in [3.05, 3.63) is 113 Å². The largest absolute Gasteiger partial charge is 0.274 e. The Morgan fingerprint density at radius 1 is 0.516 bits per heavy atom. The highest BCUT2D eigenvalue weighted by Gasteiger charge is 2.60. The van der Waals surface area contributed by atoms with E-state index in [2.05, 4.69) is 60.7 Å². The molecule has 148 valence electrons. The molecule has 8 rings (SSSR count). The molecule has 0 radical (unpaired) electrons. The van der Waals surface area contributed by atoms with Gasteiger partial charge in [-0.2, -0.15) is 0 Å². The Labute approximate surface area is 179 Å². The molecule has 1 heterocycles. The lowest BCUT2D eigenvalue weighted by Gasteiger charge is -2.36. The van der Waals surface area contributed by atoms with Crippen molar-refractivity contribution in [2.45, 2.75) is 11.8 Å². The van der Waals surface area contributed by atoms with Crippen LogP contribution in [0.3, 0.4) is 0 Å². The van der Waals surface area contributed by atoms with E-state index >= 15 is 0 Å². The molecule has 3 aliphatic carbocycles. The van der Waals surface area contributed by atoms with Crippen molar-refractivity contribution in [3.63, 3.8) is 0 Å². The molecule has 1 fully saturated rings. The zero-order chi connectivity index (χ0) is 20.7. The van der Waals surface area contributed by atoms with Gasteiger partial charge in [0, 0.05) is 11.8 Å². The lowest BCUT2D eigenvalue weighted by molar-refractivity contribution is -0.122. The summed E-state index contributed by atoms with van der Waals surface area (Å²) in [5.41, 5.74) is 5.39. The van der Waals surface area contributed by atoms with Crippen LogP contribution in [0.15, 0.2) is 91.0 Å². The van der Waals surface area contributed by atoms with E-state index in [1.165, 1.54) is 37.9 Å². The fourth-order valence-electron chi connectivity index (χ4n) is 6.35. The standard InChI is InChI=1S/C28H19NO2/c30-27-25-23-18-12-4-5-13-19(18)24(21-15-7-9-16-8-6-14-20(23)22(16)21)26(25)28(31)29(27)17-10-2-1-3-11-17/h1-15,23-26H. The van der Waals surface area contributed by atoms with Crippen LogP contribution in [0.25, 0.3) is 10.8 Å². The van der Waals surface area contributed by atoms with Crippen LogP contribution in [0.4, 0.5) is 5.69 Å². The predicted octanol–water partition coefficient (Wildman–Crippen LogP) is 5.24. The smallest absolute Gasteiger partial charge is 0.238 e. The van der Waals surface area contributed by atoms with Crippen molar-refractivity contribution < 1.29 is 9.59 Å². The van der Waals surface area contributed by atoms with E-state index in [1.54, 1.807) is 0 Å². The van der Waals surface area contributed by atoms with Crippen LogP contribution >= 0.6 is 0 Å². The third-order valence-corrected chi connectivity index (χ3v) is 7.44. The van der Waals surface area contributed by atoms with E-state index in [4.69, 9.17) is 0 Å². The second kappa shape index (κ2) is 5.92. The molecule has 31 heavy (non-hydrogen) atoms. The highest BCUT2D eigenvalue weighted by atomic mass is 16.2. The average molecular weight is 401 g/mol. The van der Waals surface area contributed by atoms with Gasteiger partial charge < -0.3 is 0 Å². The number of anilines is 1. The average Bonchev–Trinajstić information content (AvgIpc) is 2.94. The van der Waals surface area contributed by atoms with Gasteiger partial charge in [0.05, 0.1) is 17.5 Å². The van der Waals surface area contributed by atoms with Crippen molar-refractivity contribution in [1.82, 2.24) is 0 Å². The summed E-state index contributed by atoms with van der Waals surface area (Å²) in [7, 11) is 0. The van der Waals surface area contributed by atoms with Gasteiger partial charge in [-0.05, 0) is 45.2 Å². The van der Waals surface area contributed by atoms with Gasteiger partial charge in [0.1, 0.15) is 0 Å². The summed E-state index contributed by atoms with van der Waals surface area (Å²) in [5, 5.41) is 2.40. The number of rotatable bonds is 1. The van der Waals surface area contributed by atoms with Crippen LogP contribution < -0.4 is 4.90 Å². The fourth-order valence-corrected chi connectivity index (χ4v) is 6.35. The first-order valence-corrected chi connectivity index (χ1v) is 10.8. The van der Waals surface area contributed by atoms with Crippen LogP contribution in [0.1, 0.15) is 34.1 Å². The third-order valence-electron chi connectivity index (χ3n) is 7.44. The Morgan fingerprint density at radius 3 is 1.55 bits per heavy atom. The number of carbonyl (C=O) groups is 2. The summed E-state index contributed by atoms with van der Waals surface area (Å²) in [4.78, 5) is 29.2. The molecule has 3 nitrogen and oxygen atoms in total. The number of imide groups is 1. The maximum absolute atomic E-state index is 13.9. The van der Waals surface area contributed by atoms with Crippen LogP contribution in [0.2, 0.25) is 0 Å². The molecule has 4 aliphatic rings. The first-order chi connectivity index (χ1) is 15.3. The second-order valence-electron chi connectivity index (χ2n) is 8.78. The Kier molecular flexibility index (Phi) is 3.25. The van der Waals surface area contributed by atoms with Gasteiger partial charge in [0.2, 0.25) is 11.8 Å². The minimum atomic E-state index is -0.384. The summed E-state index contributed by atoms with van der Waals surface area (Å²) in [6, 6.07) is 30.5. The Bertz CT molecular complexity index is 1320. The van der Waals surface area contributed by atoms with Gasteiger partial charge in [-0.1, -0.05) is 78.9 Å². The van der Waals surface area contributed by atoms with Crippen LogP contribution in [0, 0.1) is 11.8 Å². The number of hydrogen-bond acceptors (Lipinski definition) is 2. The number of amides is 2. The summed E-state index contributed by atoms with van der Waals surface area (Å²) >= 11 is 0. The Balaban J connectivity index is 1.56. The number of para-hydroxylation sites is 1. The van der Waals surface area contributed by atoms with E-state index in [-0.39, 0.29) is 35.5 Å². The van der Waals surface area contributed by atoms with E-state index in [9.17, 15) is 9.59 Å². The van der Waals surface area contributed by atoms with Crippen LogP contribution in [0.5, 0.6) is 0 Å². The van der Waals surface area contributed by atoms with Crippen molar-refractivity contribution >= 4 is 28.3 Å². The zero-order valence-corrected chi connectivity index (χ0v) is 16.7. The van der Waals surface area contributed by atoms with Crippen molar-refractivity contribution in [2.24, 2.45) is 11.8 Å². The number of nitrogens with zero attached hydrogens (tertiary/aromatic N) is 1. The monoisotopic (exact) mass is 401 g/mol. The molecule has 0 N–H and O–H groups in total. The first kappa shape index (κ1) is 17.0. The molecule has 4 aromatic carbocycles. The summed E-state index contributed by atoms with van der Waals surface area (Å²) in [6.07, 6.45) is 0. The molecular formula is C28H19NO2. The number of benzene rings is 4. The van der Waals surface area contributed by atoms with E-state index in [0.29, 0.717) is 5.69 Å². The molecule has 0 aromatic heterocycles. The maximum Gasteiger partial charge on any atom is 0.238 e. The maximum atomic E-state index is 13.9.